The van der Waals surface area contributed by atoms with Crippen LogP contribution >= 0.6 is 0 Å². The SMILES string of the molecule is Cc1cc(C=O)c(C)n1-c1ncc[nH]1. The van der Waals surface area contributed by atoms with Crippen LogP contribution in [-0.4, -0.2) is 20.8 Å². The lowest BCUT2D eigenvalue weighted by Gasteiger charge is -2.04. The number of aryl methyl sites for hydroxylation is 1. The molecule has 2 aromatic heterocycles. The lowest BCUT2D eigenvalue weighted by atomic mass is 10.3. The van der Waals surface area contributed by atoms with Crippen molar-refractivity contribution in [2.24, 2.45) is 0 Å². The summed E-state index contributed by atoms with van der Waals surface area (Å²) in [6.45, 7) is 3.85. The summed E-state index contributed by atoms with van der Waals surface area (Å²) in [6, 6.07) is 1.85. The Labute approximate surface area is 81.6 Å². The van der Waals surface area contributed by atoms with Crippen LogP contribution in [0.4, 0.5) is 0 Å². The molecule has 14 heavy (non-hydrogen) atoms. The number of aromatic amines is 1. The molecule has 0 unspecified atom stereocenters. The van der Waals surface area contributed by atoms with Gasteiger partial charge in [-0.15, -0.1) is 0 Å². The Hall–Kier alpha value is -1.84. The van der Waals surface area contributed by atoms with E-state index in [1.54, 1.807) is 12.4 Å². The summed E-state index contributed by atoms with van der Waals surface area (Å²) in [5.74, 6) is 0.744. The number of nitrogens with one attached hydrogen (secondary N) is 1. The van der Waals surface area contributed by atoms with Crippen molar-refractivity contribution in [2.75, 3.05) is 0 Å². The van der Waals surface area contributed by atoms with E-state index in [9.17, 15) is 4.79 Å². The second kappa shape index (κ2) is 3.14. The van der Waals surface area contributed by atoms with Crippen molar-refractivity contribution < 1.29 is 4.79 Å². The summed E-state index contributed by atoms with van der Waals surface area (Å²) >= 11 is 0. The highest BCUT2D eigenvalue weighted by atomic mass is 16.1. The first-order valence-electron chi connectivity index (χ1n) is 4.38. The first-order chi connectivity index (χ1) is 6.74. The maximum atomic E-state index is 10.7. The van der Waals surface area contributed by atoms with Gasteiger partial charge in [-0.3, -0.25) is 9.36 Å². The zero-order valence-corrected chi connectivity index (χ0v) is 8.11. The van der Waals surface area contributed by atoms with Crippen LogP contribution in [0, 0.1) is 13.8 Å². The minimum atomic E-state index is 0.707. The Balaban J connectivity index is 2.64. The molecular weight excluding hydrogens is 178 g/mol. The van der Waals surface area contributed by atoms with Crippen molar-refractivity contribution >= 4 is 6.29 Å². The highest BCUT2D eigenvalue weighted by molar-refractivity contribution is 5.77. The van der Waals surface area contributed by atoms with Crippen molar-refractivity contribution in [3.63, 3.8) is 0 Å². The lowest BCUT2D eigenvalue weighted by molar-refractivity contribution is 0.112. The van der Waals surface area contributed by atoms with Gasteiger partial charge in [0.15, 0.2) is 6.29 Å². The zero-order chi connectivity index (χ0) is 10.1. The summed E-state index contributed by atoms with van der Waals surface area (Å²) in [4.78, 5) is 17.9. The van der Waals surface area contributed by atoms with Gasteiger partial charge in [0.05, 0.1) is 0 Å². The number of aromatic nitrogens is 3. The summed E-state index contributed by atoms with van der Waals surface area (Å²) < 4.78 is 1.92. The molecule has 0 fully saturated rings. The van der Waals surface area contributed by atoms with Crippen LogP contribution in [0.2, 0.25) is 0 Å². The molecule has 0 saturated carbocycles. The van der Waals surface area contributed by atoms with E-state index in [0.717, 1.165) is 23.6 Å². The molecule has 4 heteroatoms. The number of nitrogens with zero attached hydrogens (tertiary/aromatic N) is 2. The number of hydrogen-bond donors (Lipinski definition) is 1. The van der Waals surface area contributed by atoms with E-state index in [0.29, 0.717) is 5.56 Å². The van der Waals surface area contributed by atoms with Gasteiger partial charge in [-0.05, 0) is 19.9 Å². The van der Waals surface area contributed by atoms with Crippen molar-refractivity contribution in [3.05, 3.63) is 35.4 Å². The van der Waals surface area contributed by atoms with Crippen molar-refractivity contribution in [2.45, 2.75) is 13.8 Å². The maximum Gasteiger partial charge on any atom is 0.211 e. The molecule has 2 rings (SSSR count). The normalized spacial score (nSPS) is 10.4. The highest BCUT2D eigenvalue weighted by Gasteiger charge is 2.10. The molecule has 0 atom stereocenters. The fourth-order valence-corrected chi connectivity index (χ4v) is 1.61. The number of H-pyrrole nitrogens is 1. The van der Waals surface area contributed by atoms with E-state index in [2.05, 4.69) is 9.97 Å². The summed E-state index contributed by atoms with van der Waals surface area (Å²) in [5, 5.41) is 0. The fourth-order valence-electron chi connectivity index (χ4n) is 1.61. The molecule has 0 aliphatic carbocycles. The first kappa shape index (κ1) is 8.74. The van der Waals surface area contributed by atoms with Crippen LogP contribution in [0.15, 0.2) is 18.5 Å². The second-order valence-electron chi connectivity index (χ2n) is 3.19. The number of carbonyl (C=O) groups is 1. The molecule has 1 N–H and O–H groups in total. The molecule has 0 amide bonds. The van der Waals surface area contributed by atoms with Crippen molar-refractivity contribution in [3.8, 4) is 5.95 Å². The number of hydrogen-bond acceptors (Lipinski definition) is 2. The summed E-state index contributed by atoms with van der Waals surface area (Å²) in [7, 11) is 0. The average molecular weight is 189 g/mol. The molecule has 0 saturated heterocycles. The van der Waals surface area contributed by atoms with Crippen molar-refractivity contribution in [1.82, 2.24) is 14.5 Å². The third-order valence-electron chi connectivity index (χ3n) is 2.29. The zero-order valence-electron chi connectivity index (χ0n) is 8.11. The van der Waals surface area contributed by atoms with E-state index in [-0.39, 0.29) is 0 Å². The Kier molecular flexibility index (Phi) is 1.96. The topological polar surface area (TPSA) is 50.7 Å². The third kappa shape index (κ3) is 1.16. The molecule has 4 nitrogen and oxygen atoms in total. The predicted octanol–water partition coefficient (Wildman–Crippen LogP) is 1.63. The van der Waals surface area contributed by atoms with Gasteiger partial charge in [-0.2, -0.15) is 0 Å². The number of rotatable bonds is 2. The molecule has 0 spiro atoms. The monoisotopic (exact) mass is 189 g/mol. The lowest BCUT2D eigenvalue weighted by Crippen LogP contribution is -2.01. The second-order valence-corrected chi connectivity index (χ2v) is 3.19. The van der Waals surface area contributed by atoms with Crippen LogP contribution < -0.4 is 0 Å². The van der Waals surface area contributed by atoms with Gasteiger partial charge >= 0.3 is 0 Å². The number of imidazole rings is 1. The Morgan fingerprint density at radius 1 is 1.50 bits per heavy atom. The molecule has 0 aliphatic rings. The van der Waals surface area contributed by atoms with Gasteiger partial charge < -0.3 is 4.98 Å². The molecule has 0 radical (unpaired) electrons. The van der Waals surface area contributed by atoms with Crippen molar-refractivity contribution in [1.29, 1.82) is 0 Å². The molecule has 0 aliphatic heterocycles. The molecule has 2 heterocycles. The average Bonchev–Trinajstić information content (AvgIpc) is 2.74. The molecule has 0 bridgehead atoms. The summed E-state index contributed by atoms with van der Waals surface area (Å²) in [6.07, 6.45) is 4.31. The minimum Gasteiger partial charge on any atom is -0.330 e. The van der Waals surface area contributed by atoms with E-state index in [1.807, 2.05) is 24.5 Å². The quantitative estimate of drug-likeness (QED) is 0.730. The van der Waals surface area contributed by atoms with Crippen LogP contribution in [-0.2, 0) is 0 Å². The molecule has 2 aromatic rings. The summed E-state index contributed by atoms with van der Waals surface area (Å²) in [5.41, 5.74) is 2.62. The van der Waals surface area contributed by atoms with E-state index < -0.39 is 0 Å². The van der Waals surface area contributed by atoms with Crippen LogP contribution in [0.5, 0.6) is 0 Å². The van der Waals surface area contributed by atoms with Crippen LogP contribution in [0.25, 0.3) is 5.95 Å². The maximum absolute atomic E-state index is 10.7. The van der Waals surface area contributed by atoms with Gasteiger partial charge in [0.2, 0.25) is 5.95 Å². The van der Waals surface area contributed by atoms with Gasteiger partial charge in [0.25, 0.3) is 0 Å². The smallest absolute Gasteiger partial charge is 0.211 e. The molecule has 0 aromatic carbocycles. The fraction of sp³-hybridized carbons (Fsp3) is 0.200. The van der Waals surface area contributed by atoms with E-state index in [4.69, 9.17) is 0 Å². The first-order valence-corrected chi connectivity index (χ1v) is 4.38. The number of aldehydes is 1. The Morgan fingerprint density at radius 2 is 2.29 bits per heavy atom. The van der Waals surface area contributed by atoms with E-state index in [1.165, 1.54) is 0 Å². The highest BCUT2D eigenvalue weighted by Crippen LogP contribution is 2.16. The van der Waals surface area contributed by atoms with Gasteiger partial charge in [0.1, 0.15) is 0 Å². The largest absolute Gasteiger partial charge is 0.330 e. The van der Waals surface area contributed by atoms with Gasteiger partial charge in [-0.1, -0.05) is 0 Å². The van der Waals surface area contributed by atoms with Gasteiger partial charge in [-0.25, -0.2) is 4.98 Å². The Morgan fingerprint density at radius 3 is 2.79 bits per heavy atom. The Bertz CT molecular complexity index is 454. The third-order valence-corrected chi connectivity index (χ3v) is 2.29. The van der Waals surface area contributed by atoms with E-state index >= 15 is 0 Å². The number of carbonyl (C=O) groups excluding carboxylic acids is 1. The predicted molar refractivity (Wildman–Crippen MR) is 52.8 cm³/mol. The minimum absolute atomic E-state index is 0.707. The molecule has 72 valence electrons. The standard InChI is InChI=1S/C10H11N3O/c1-7-5-9(6-14)8(2)13(7)10-11-3-4-12-10/h3-6H,1-2H3,(H,11,12). The van der Waals surface area contributed by atoms with Crippen LogP contribution in [0.3, 0.4) is 0 Å². The molecular formula is C10H11N3O. The van der Waals surface area contributed by atoms with Crippen LogP contribution in [0.1, 0.15) is 21.7 Å². The van der Waals surface area contributed by atoms with Gasteiger partial charge in [0, 0.05) is 29.3 Å².